The molecule has 0 aliphatic heterocycles. The van der Waals surface area contributed by atoms with Crippen molar-refractivity contribution < 1.29 is 4.42 Å². The maximum absolute atomic E-state index is 6.51. The highest BCUT2D eigenvalue weighted by Gasteiger charge is 2.22. The highest BCUT2D eigenvalue weighted by Crippen LogP contribution is 2.42. The average molecular weight is 537 g/mol. The summed E-state index contributed by atoms with van der Waals surface area (Å²) in [7, 11) is 0. The lowest BCUT2D eigenvalue weighted by molar-refractivity contribution is 0.584. The Morgan fingerprint density at radius 2 is 1.50 bits per heavy atom. The Hall–Kier alpha value is -4.54. The fraction of sp³-hybridized carbons (Fsp3) is 0.111. The SMILES string of the molecule is CC(C)(C)c1cc(-c2cc3ccccc3s2)c2nc(-c3ccccc3N=Cc3cccc4ccccc34)oc2c1. The molecule has 0 bridgehead atoms. The highest BCUT2D eigenvalue weighted by molar-refractivity contribution is 7.22. The van der Waals surface area contributed by atoms with Crippen molar-refractivity contribution in [2.24, 2.45) is 4.99 Å². The summed E-state index contributed by atoms with van der Waals surface area (Å²) in [6.07, 6.45) is 1.93. The van der Waals surface area contributed by atoms with Gasteiger partial charge in [0.05, 0.1) is 11.3 Å². The minimum atomic E-state index is -0.0345. The lowest BCUT2D eigenvalue weighted by Gasteiger charge is -2.19. The summed E-state index contributed by atoms with van der Waals surface area (Å²) < 4.78 is 7.78. The third-order valence-electron chi connectivity index (χ3n) is 7.35. The average Bonchev–Trinajstić information content (AvgIpc) is 3.60. The fourth-order valence-electron chi connectivity index (χ4n) is 5.15. The van der Waals surface area contributed by atoms with Crippen molar-refractivity contribution in [3.05, 3.63) is 120 Å². The number of para-hydroxylation sites is 1. The van der Waals surface area contributed by atoms with E-state index >= 15 is 0 Å². The van der Waals surface area contributed by atoms with Gasteiger partial charge in [-0.2, -0.15) is 0 Å². The Morgan fingerprint density at radius 1 is 0.750 bits per heavy atom. The first-order chi connectivity index (χ1) is 19.4. The van der Waals surface area contributed by atoms with Gasteiger partial charge in [0.25, 0.3) is 0 Å². The number of rotatable bonds is 4. The second kappa shape index (κ2) is 9.58. The number of thiophene rings is 1. The van der Waals surface area contributed by atoms with Crippen LogP contribution in [0.3, 0.4) is 0 Å². The molecule has 40 heavy (non-hydrogen) atoms. The topological polar surface area (TPSA) is 38.4 Å². The molecule has 0 saturated heterocycles. The zero-order chi connectivity index (χ0) is 27.3. The minimum absolute atomic E-state index is 0.0345. The lowest BCUT2D eigenvalue weighted by Crippen LogP contribution is -2.10. The summed E-state index contributed by atoms with van der Waals surface area (Å²) in [5.74, 6) is 0.578. The molecule has 3 nitrogen and oxygen atoms in total. The summed E-state index contributed by atoms with van der Waals surface area (Å²) in [6, 6.07) is 37.9. The van der Waals surface area contributed by atoms with Gasteiger partial charge in [0.15, 0.2) is 5.58 Å². The smallest absolute Gasteiger partial charge is 0.229 e. The van der Waals surface area contributed by atoms with Crippen LogP contribution in [0.5, 0.6) is 0 Å². The van der Waals surface area contributed by atoms with E-state index in [-0.39, 0.29) is 5.41 Å². The van der Waals surface area contributed by atoms with Gasteiger partial charge in [0.1, 0.15) is 5.52 Å². The molecule has 194 valence electrons. The van der Waals surface area contributed by atoms with Gasteiger partial charge < -0.3 is 4.42 Å². The monoisotopic (exact) mass is 536 g/mol. The maximum atomic E-state index is 6.51. The Balaban J connectivity index is 1.37. The van der Waals surface area contributed by atoms with Crippen LogP contribution in [0.25, 0.3) is 53.9 Å². The van der Waals surface area contributed by atoms with Gasteiger partial charge in [-0.05, 0) is 63.5 Å². The van der Waals surface area contributed by atoms with Crippen LogP contribution in [0.4, 0.5) is 5.69 Å². The van der Waals surface area contributed by atoms with Crippen molar-refractivity contribution in [1.82, 2.24) is 4.98 Å². The predicted molar refractivity (Wildman–Crippen MR) is 170 cm³/mol. The van der Waals surface area contributed by atoms with Crippen LogP contribution in [0.15, 0.2) is 119 Å². The first kappa shape index (κ1) is 24.5. The normalized spacial score (nSPS) is 12.3. The number of oxazole rings is 1. The van der Waals surface area contributed by atoms with E-state index < -0.39 is 0 Å². The van der Waals surface area contributed by atoms with Crippen LogP contribution in [0, 0.1) is 0 Å². The molecule has 7 rings (SSSR count). The Kier molecular flexibility index (Phi) is 5.87. The second-order valence-electron chi connectivity index (χ2n) is 11.1. The van der Waals surface area contributed by atoms with E-state index in [0.29, 0.717) is 5.89 Å². The van der Waals surface area contributed by atoms with E-state index in [1.54, 1.807) is 11.3 Å². The molecule has 0 aliphatic carbocycles. The van der Waals surface area contributed by atoms with E-state index in [4.69, 9.17) is 14.4 Å². The quantitative estimate of drug-likeness (QED) is 0.210. The van der Waals surface area contributed by atoms with Gasteiger partial charge in [-0.1, -0.05) is 93.6 Å². The Morgan fingerprint density at radius 3 is 2.35 bits per heavy atom. The summed E-state index contributed by atoms with van der Waals surface area (Å²) in [5.41, 5.74) is 6.73. The molecular formula is C36H28N2OS. The Bertz CT molecular complexity index is 2020. The van der Waals surface area contributed by atoms with Crippen molar-refractivity contribution in [2.45, 2.75) is 26.2 Å². The van der Waals surface area contributed by atoms with Crippen molar-refractivity contribution in [3.8, 4) is 21.9 Å². The van der Waals surface area contributed by atoms with Crippen molar-refractivity contribution in [3.63, 3.8) is 0 Å². The van der Waals surface area contributed by atoms with E-state index in [2.05, 4.69) is 106 Å². The summed E-state index contributed by atoms with van der Waals surface area (Å²) in [4.78, 5) is 11.2. The number of nitrogens with zero attached hydrogens (tertiary/aromatic N) is 2. The van der Waals surface area contributed by atoms with E-state index in [1.807, 2.05) is 30.5 Å². The first-order valence-electron chi connectivity index (χ1n) is 13.5. The van der Waals surface area contributed by atoms with Gasteiger partial charge in [-0.15, -0.1) is 11.3 Å². The van der Waals surface area contributed by atoms with Crippen molar-refractivity contribution in [1.29, 1.82) is 0 Å². The molecule has 0 atom stereocenters. The molecule has 2 heterocycles. The predicted octanol–water partition coefficient (Wildman–Crippen LogP) is 10.6. The van der Waals surface area contributed by atoms with Crippen LogP contribution in [0.1, 0.15) is 31.9 Å². The number of hydrogen-bond donors (Lipinski definition) is 0. The van der Waals surface area contributed by atoms with Crippen LogP contribution in [0.2, 0.25) is 0 Å². The minimum Gasteiger partial charge on any atom is -0.436 e. The molecule has 0 N–H and O–H groups in total. The molecule has 0 amide bonds. The van der Waals surface area contributed by atoms with Crippen LogP contribution >= 0.6 is 11.3 Å². The standard InChI is InChI=1S/C36H28N2OS/c1-36(2,3)26-20-29(33-19-24-12-5-9-18-32(24)40-33)34-31(21-26)39-35(38-34)28-16-7-8-17-30(28)37-22-25-14-10-13-23-11-4-6-15-27(23)25/h4-22H,1-3H3. The number of aromatic nitrogens is 1. The molecule has 0 aliphatic rings. The molecule has 4 heteroatoms. The highest BCUT2D eigenvalue weighted by atomic mass is 32.1. The van der Waals surface area contributed by atoms with Gasteiger partial charge in [0.2, 0.25) is 5.89 Å². The Labute approximate surface area is 237 Å². The van der Waals surface area contributed by atoms with Gasteiger partial charge in [0, 0.05) is 26.9 Å². The molecule has 2 aromatic heterocycles. The molecule has 0 spiro atoms. The lowest BCUT2D eigenvalue weighted by atomic mass is 9.85. The largest absolute Gasteiger partial charge is 0.436 e. The number of benzene rings is 5. The third kappa shape index (κ3) is 4.41. The van der Waals surface area contributed by atoms with Crippen molar-refractivity contribution in [2.75, 3.05) is 0 Å². The molecular weight excluding hydrogens is 508 g/mol. The molecule has 0 unspecified atom stereocenters. The van der Waals surface area contributed by atoms with Crippen molar-refractivity contribution >= 4 is 55.2 Å². The maximum Gasteiger partial charge on any atom is 0.229 e. The first-order valence-corrected chi connectivity index (χ1v) is 14.3. The molecule has 0 radical (unpaired) electrons. The van der Waals surface area contributed by atoms with Crippen LogP contribution in [-0.2, 0) is 5.41 Å². The van der Waals surface area contributed by atoms with Gasteiger partial charge in [-0.25, -0.2) is 4.98 Å². The third-order valence-corrected chi connectivity index (χ3v) is 8.50. The van der Waals surface area contributed by atoms with Gasteiger partial charge in [-0.3, -0.25) is 4.99 Å². The number of hydrogen-bond acceptors (Lipinski definition) is 4. The summed E-state index contributed by atoms with van der Waals surface area (Å²) in [5, 5.41) is 3.62. The zero-order valence-electron chi connectivity index (χ0n) is 22.7. The zero-order valence-corrected chi connectivity index (χ0v) is 23.5. The molecule has 0 saturated carbocycles. The van der Waals surface area contributed by atoms with Crippen LogP contribution < -0.4 is 0 Å². The summed E-state index contributed by atoms with van der Waals surface area (Å²) >= 11 is 1.79. The number of fused-ring (bicyclic) bond motifs is 3. The summed E-state index contributed by atoms with van der Waals surface area (Å²) in [6.45, 7) is 6.70. The van der Waals surface area contributed by atoms with E-state index in [1.165, 1.54) is 31.3 Å². The number of aliphatic imine (C=N–C) groups is 1. The van der Waals surface area contributed by atoms with Crippen LogP contribution in [-0.4, -0.2) is 11.2 Å². The van der Waals surface area contributed by atoms with Gasteiger partial charge >= 0.3 is 0 Å². The second-order valence-corrected chi connectivity index (χ2v) is 12.2. The fourth-order valence-corrected chi connectivity index (χ4v) is 6.23. The molecule has 5 aromatic carbocycles. The van der Waals surface area contributed by atoms with E-state index in [0.717, 1.165) is 33.5 Å². The molecule has 7 aromatic rings. The van der Waals surface area contributed by atoms with E-state index in [9.17, 15) is 0 Å². The molecule has 0 fully saturated rings.